The maximum Gasteiger partial charge on any atom is 0.301 e. The molecule has 9 heteroatoms. The molecular weight excluding hydrogens is 474 g/mol. The molecule has 6 nitrogen and oxygen atoms in total. The summed E-state index contributed by atoms with van der Waals surface area (Å²) in [5.41, 5.74) is 1.03. The minimum atomic E-state index is -1.01. The summed E-state index contributed by atoms with van der Waals surface area (Å²) in [5, 5.41) is 11.3. The Bertz CT molecular complexity index is 1480. The summed E-state index contributed by atoms with van der Waals surface area (Å²) < 4.78 is 33.2. The van der Waals surface area contributed by atoms with Crippen LogP contribution in [0.25, 0.3) is 16.0 Å². The number of benzene rings is 3. The number of halogens is 2. The molecule has 35 heavy (non-hydrogen) atoms. The first-order valence-corrected chi connectivity index (χ1v) is 11.5. The number of Topliss-reactive ketones (excluding diaryl/α,β-unsaturated/α-hetero) is 1. The van der Waals surface area contributed by atoms with E-state index < -0.39 is 35.1 Å². The smallest absolute Gasteiger partial charge is 0.301 e. The van der Waals surface area contributed by atoms with Gasteiger partial charge >= 0.3 is 5.91 Å². The standard InChI is InChI=1S/C26H18F2N2O4S/c1-2-34-18-10-5-14(6-11-18)22-21(23(31)15-3-7-16(27)8-4-15)24(32)25(33)30(22)26-29-19-12-9-17(28)13-20(19)35-26/h3-13,22,31H,2H2,1H3. The number of amides is 1. The highest BCUT2D eigenvalue weighted by molar-refractivity contribution is 7.22. The Kier molecular flexibility index (Phi) is 5.78. The first-order valence-electron chi connectivity index (χ1n) is 10.7. The number of aliphatic hydroxyl groups is 1. The fourth-order valence-corrected chi connectivity index (χ4v) is 5.03. The molecule has 4 aromatic rings. The predicted molar refractivity (Wildman–Crippen MR) is 128 cm³/mol. The molecule has 5 rings (SSSR count). The largest absolute Gasteiger partial charge is 0.507 e. The monoisotopic (exact) mass is 492 g/mol. The summed E-state index contributed by atoms with van der Waals surface area (Å²) in [6, 6.07) is 14.8. The second kappa shape index (κ2) is 8.92. The van der Waals surface area contributed by atoms with Crippen LogP contribution >= 0.6 is 11.3 Å². The number of hydrogen-bond donors (Lipinski definition) is 1. The number of carbonyl (C=O) groups excluding carboxylic acids is 2. The second-order valence-electron chi connectivity index (χ2n) is 7.79. The van der Waals surface area contributed by atoms with Gasteiger partial charge in [-0.15, -0.1) is 0 Å². The molecule has 1 unspecified atom stereocenters. The van der Waals surface area contributed by atoms with Gasteiger partial charge in [0.15, 0.2) is 5.13 Å². The number of fused-ring (bicyclic) bond motifs is 1. The van der Waals surface area contributed by atoms with E-state index in [0.29, 0.717) is 28.1 Å². The SMILES string of the molecule is CCOc1ccc(C2C(=C(O)c3ccc(F)cc3)C(=O)C(=O)N2c2nc3ccc(F)cc3s2)cc1. The van der Waals surface area contributed by atoms with Crippen molar-refractivity contribution in [2.24, 2.45) is 0 Å². The quantitative estimate of drug-likeness (QED) is 0.223. The topological polar surface area (TPSA) is 79.7 Å². The Labute approximate surface area is 202 Å². The molecule has 176 valence electrons. The molecule has 1 N–H and O–H groups in total. The number of aliphatic hydroxyl groups excluding tert-OH is 1. The van der Waals surface area contributed by atoms with Gasteiger partial charge in [-0.2, -0.15) is 0 Å². The Hall–Kier alpha value is -4.11. The van der Waals surface area contributed by atoms with Crippen molar-refractivity contribution in [1.82, 2.24) is 4.98 Å². The van der Waals surface area contributed by atoms with E-state index in [1.165, 1.54) is 35.2 Å². The van der Waals surface area contributed by atoms with Crippen LogP contribution in [0.3, 0.4) is 0 Å². The number of aromatic nitrogens is 1. The zero-order chi connectivity index (χ0) is 24.7. The molecule has 1 amide bonds. The summed E-state index contributed by atoms with van der Waals surface area (Å²) in [7, 11) is 0. The summed E-state index contributed by atoms with van der Waals surface area (Å²) in [5.74, 6) is -2.58. The first-order chi connectivity index (χ1) is 16.9. The minimum absolute atomic E-state index is 0.156. The third-order valence-electron chi connectivity index (χ3n) is 5.61. The van der Waals surface area contributed by atoms with E-state index in [-0.39, 0.29) is 16.3 Å². The van der Waals surface area contributed by atoms with Crippen molar-refractivity contribution < 1.29 is 28.2 Å². The van der Waals surface area contributed by atoms with Crippen LogP contribution in [0.15, 0.2) is 72.3 Å². The zero-order valence-corrected chi connectivity index (χ0v) is 19.2. The lowest BCUT2D eigenvalue weighted by Gasteiger charge is -2.23. The molecule has 1 saturated heterocycles. The molecular formula is C26H18F2N2O4S. The second-order valence-corrected chi connectivity index (χ2v) is 8.80. The Morgan fingerprint density at radius 1 is 1.03 bits per heavy atom. The van der Waals surface area contributed by atoms with E-state index >= 15 is 0 Å². The van der Waals surface area contributed by atoms with Gasteiger partial charge in [0.25, 0.3) is 5.78 Å². The minimum Gasteiger partial charge on any atom is -0.507 e. The highest BCUT2D eigenvalue weighted by atomic mass is 32.1. The van der Waals surface area contributed by atoms with Crippen molar-refractivity contribution >= 4 is 44.1 Å². The van der Waals surface area contributed by atoms with Gasteiger partial charge in [-0.1, -0.05) is 23.5 Å². The molecule has 2 heterocycles. The molecule has 0 spiro atoms. The lowest BCUT2D eigenvalue weighted by molar-refractivity contribution is -0.132. The number of nitrogens with zero attached hydrogens (tertiary/aromatic N) is 2. The maximum atomic E-state index is 13.8. The lowest BCUT2D eigenvalue weighted by atomic mass is 9.95. The van der Waals surface area contributed by atoms with E-state index in [1.807, 2.05) is 6.92 Å². The predicted octanol–water partition coefficient (Wildman–Crippen LogP) is 5.60. The highest BCUT2D eigenvalue weighted by Gasteiger charge is 2.48. The van der Waals surface area contributed by atoms with Gasteiger partial charge in [-0.05, 0) is 67.1 Å². The van der Waals surface area contributed by atoms with Gasteiger partial charge < -0.3 is 9.84 Å². The fraction of sp³-hybridized carbons (Fsp3) is 0.115. The van der Waals surface area contributed by atoms with Gasteiger partial charge in [0.2, 0.25) is 0 Å². The van der Waals surface area contributed by atoms with Gasteiger partial charge in [0.1, 0.15) is 23.1 Å². The number of carbonyl (C=O) groups is 2. The van der Waals surface area contributed by atoms with E-state index in [0.717, 1.165) is 23.5 Å². The first kappa shape index (κ1) is 22.7. The van der Waals surface area contributed by atoms with Crippen molar-refractivity contribution in [3.05, 3.63) is 95.1 Å². The van der Waals surface area contributed by atoms with Crippen LogP contribution in [0.2, 0.25) is 0 Å². The third kappa shape index (κ3) is 4.04. The summed E-state index contributed by atoms with van der Waals surface area (Å²) in [4.78, 5) is 32.1. The van der Waals surface area contributed by atoms with Crippen molar-refractivity contribution in [2.45, 2.75) is 13.0 Å². The number of hydrogen-bond acceptors (Lipinski definition) is 6. The molecule has 1 atom stereocenters. The molecule has 0 aliphatic carbocycles. The Morgan fingerprint density at radius 3 is 2.40 bits per heavy atom. The Morgan fingerprint density at radius 2 is 1.71 bits per heavy atom. The van der Waals surface area contributed by atoms with Crippen LogP contribution in [-0.4, -0.2) is 28.4 Å². The van der Waals surface area contributed by atoms with Crippen molar-refractivity contribution in [1.29, 1.82) is 0 Å². The molecule has 1 aliphatic heterocycles. The summed E-state index contributed by atoms with van der Waals surface area (Å²) >= 11 is 1.06. The molecule has 0 saturated carbocycles. The number of anilines is 1. The summed E-state index contributed by atoms with van der Waals surface area (Å²) in [6.07, 6.45) is 0. The van der Waals surface area contributed by atoms with Gasteiger partial charge in [0.05, 0.1) is 28.4 Å². The molecule has 1 aliphatic rings. The lowest BCUT2D eigenvalue weighted by Crippen LogP contribution is -2.29. The number of ether oxygens (including phenoxy) is 1. The number of rotatable bonds is 5. The van der Waals surface area contributed by atoms with Gasteiger partial charge in [-0.25, -0.2) is 13.8 Å². The molecule has 0 bridgehead atoms. The van der Waals surface area contributed by atoms with Gasteiger partial charge in [0, 0.05) is 5.56 Å². The fourth-order valence-electron chi connectivity index (χ4n) is 4.01. The molecule has 3 aromatic carbocycles. The van der Waals surface area contributed by atoms with E-state index in [2.05, 4.69) is 4.98 Å². The maximum absolute atomic E-state index is 13.8. The van der Waals surface area contributed by atoms with Gasteiger partial charge in [-0.3, -0.25) is 14.5 Å². The van der Waals surface area contributed by atoms with Crippen LogP contribution in [0, 0.1) is 11.6 Å². The van der Waals surface area contributed by atoms with Crippen LogP contribution in [0.1, 0.15) is 24.1 Å². The molecule has 1 aromatic heterocycles. The average Bonchev–Trinajstić information content (AvgIpc) is 3.37. The molecule has 1 fully saturated rings. The van der Waals surface area contributed by atoms with Crippen LogP contribution in [-0.2, 0) is 9.59 Å². The number of thiazole rings is 1. The highest BCUT2D eigenvalue weighted by Crippen LogP contribution is 2.44. The zero-order valence-electron chi connectivity index (χ0n) is 18.4. The van der Waals surface area contributed by atoms with Crippen molar-refractivity contribution in [3.63, 3.8) is 0 Å². The van der Waals surface area contributed by atoms with Crippen LogP contribution in [0.4, 0.5) is 13.9 Å². The van der Waals surface area contributed by atoms with E-state index in [4.69, 9.17) is 4.74 Å². The van der Waals surface area contributed by atoms with E-state index in [1.54, 1.807) is 24.3 Å². The Balaban J connectivity index is 1.70. The normalized spacial score (nSPS) is 17.3. The van der Waals surface area contributed by atoms with Crippen molar-refractivity contribution in [2.75, 3.05) is 11.5 Å². The average molecular weight is 493 g/mol. The van der Waals surface area contributed by atoms with Crippen molar-refractivity contribution in [3.8, 4) is 5.75 Å². The van der Waals surface area contributed by atoms with Crippen LogP contribution < -0.4 is 9.64 Å². The van der Waals surface area contributed by atoms with E-state index in [9.17, 15) is 23.5 Å². The molecule has 0 radical (unpaired) electrons. The van der Waals surface area contributed by atoms with Crippen LogP contribution in [0.5, 0.6) is 5.75 Å². The summed E-state index contributed by atoms with van der Waals surface area (Å²) in [6.45, 7) is 2.31. The third-order valence-corrected chi connectivity index (χ3v) is 6.63. The number of ketones is 1.